The van der Waals surface area contributed by atoms with Gasteiger partial charge in [-0.2, -0.15) is 5.21 Å². The van der Waals surface area contributed by atoms with Crippen LogP contribution in [0.25, 0.3) is 28.3 Å². The molecule has 9 heteroatoms. The van der Waals surface area contributed by atoms with Crippen molar-refractivity contribution in [2.75, 3.05) is 0 Å². The Morgan fingerprint density at radius 2 is 1.74 bits per heavy atom. The minimum atomic E-state index is -0.991. The Morgan fingerprint density at radius 3 is 2.40 bits per heavy atom. The van der Waals surface area contributed by atoms with E-state index in [1.54, 1.807) is 4.57 Å². The van der Waals surface area contributed by atoms with Crippen molar-refractivity contribution in [2.24, 2.45) is 0 Å². The van der Waals surface area contributed by atoms with Crippen LogP contribution in [-0.2, 0) is 13.0 Å². The molecule has 2 aromatic carbocycles. The Hall–Kier alpha value is -4.53. The molecule has 0 unspecified atom stereocenters. The molecule has 0 saturated heterocycles. The summed E-state index contributed by atoms with van der Waals surface area (Å²) in [5.41, 5.74) is 4.07. The summed E-state index contributed by atoms with van der Waals surface area (Å²) in [4.78, 5) is 17.0. The number of hydrogen-bond acceptors (Lipinski definition) is 5. The second-order valence-corrected chi connectivity index (χ2v) is 8.26. The number of H-pyrrole nitrogens is 1. The second kappa shape index (κ2) is 9.76. The lowest BCUT2D eigenvalue weighted by Gasteiger charge is -2.12. The Balaban J connectivity index is 1.50. The number of carboxylic acid groups (broad SMARTS) is 1. The molecule has 0 atom stereocenters. The number of aryl methyl sites for hydroxylation is 1. The number of unbranched alkanes of at least 4 members (excludes halogenated alkanes) is 1. The number of benzene rings is 2. The SMILES string of the molecule is CCCCc1nc(-n2cccc2)c(C(=O)O)n1Cc1ccc(-c2ccccc2-c2nn[nH]n2)cc1. The van der Waals surface area contributed by atoms with Gasteiger partial charge in [-0.05, 0) is 40.5 Å². The number of aromatic nitrogens is 7. The predicted octanol–water partition coefficient (Wildman–Crippen LogP) is 4.61. The van der Waals surface area contributed by atoms with E-state index in [0.29, 0.717) is 24.6 Å². The highest BCUT2D eigenvalue weighted by molar-refractivity contribution is 5.89. The number of nitrogens with zero attached hydrogens (tertiary/aromatic N) is 6. The summed E-state index contributed by atoms with van der Waals surface area (Å²) in [5.74, 6) is 0.764. The summed E-state index contributed by atoms with van der Waals surface area (Å²) in [6, 6.07) is 19.7. The van der Waals surface area contributed by atoms with Crippen LogP contribution in [0.4, 0.5) is 0 Å². The molecule has 0 saturated carbocycles. The average molecular weight is 468 g/mol. The van der Waals surface area contributed by atoms with Crippen molar-refractivity contribution in [1.29, 1.82) is 0 Å². The topological polar surface area (TPSA) is 115 Å². The van der Waals surface area contributed by atoms with E-state index >= 15 is 0 Å². The number of tetrazole rings is 1. The Morgan fingerprint density at radius 1 is 1.00 bits per heavy atom. The maximum absolute atomic E-state index is 12.3. The third-order valence-corrected chi connectivity index (χ3v) is 5.95. The van der Waals surface area contributed by atoms with E-state index < -0.39 is 5.97 Å². The van der Waals surface area contributed by atoms with Gasteiger partial charge in [0.05, 0.1) is 0 Å². The Labute approximate surface area is 202 Å². The highest BCUT2D eigenvalue weighted by Gasteiger charge is 2.23. The summed E-state index contributed by atoms with van der Waals surface area (Å²) >= 11 is 0. The lowest BCUT2D eigenvalue weighted by atomic mass is 9.98. The largest absolute Gasteiger partial charge is 0.476 e. The van der Waals surface area contributed by atoms with Crippen LogP contribution in [0, 0.1) is 0 Å². The zero-order valence-electron chi connectivity index (χ0n) is 19.3. The fourth-order valence-electron chi connectivity index (χ4n) is 4.23. The van der Waals surface area contributed by atoms with E-state index in [-0.39, 0.29) is 5.69 Å². The summed E-state index contributed by atoms with van der Waals surface area (Å²) < 4.78 is 3.59. The van der Waals surface area contributed by atoms with E-state index in [9.17, 15) is 9.90 Å². The second-order valence-electron chi connectivity index (χ2n) is 8.26. The Kier molecular flexibility index (Phi) is 6.21. The van der Waals surface area contributed by atoms with Gasteiger partial charge in [-0.1, -0.05) is 61.9 Å². The Bertz CT molecular complexity index is 1420. The van der Waals surface area contributed by atoms with Crippen molar-refractivity contribution < 1.29 is 9.90 Å². The molecule has 0 radical (unpaired) electrons. The van der Waals surface area contributed by atoms with Crippen LogP contribution in [0.3, 0.4) is 0 Å². The van der Waals surface area contributed by atoms with Gasteiger partial charge in [0.2, 0.25) is 5.82 Å². The molecule has 2 N–H and O–H groups in total. The third kappa shape index (κ3) is 4.48. The van der Waals surface area contributed by atoms with Gasteiger partial charge in [-0.25, -0.2) is 9.78 Å². The fourth-order valence-corrected chi connectivity index (χ4v) is 4.23. The van der Waals surface area contributed by atoms with Crippen LogP contribution in [0.5, 0.6) is 0 Å². The molecule has 35 heavy (non-hydrogen) atoms. The van der Waals surface area contributed by atoms with E-state index in [2.05, 4.69) is 27.5 Å². The van der Waals surface area contributed by atoms with Gasteiger partial charge in [0.1, 0.15) is 5.82 Å². The molecule has 0 amide bonds. The van der Waals surface area contributed by atoms with Crippen LogP contribution < -0.4 is 0 Å². The number of hydrogen-bond donors (Lipinski definition) is 2. The first-order valence-electron chi connectivity index (χ1n) is 11.5. The zero-order valence-corrected chi connectivity index (χ0v) is 19.3. The van der Waals surface area contributed by atoms with Gasteiger partial charge in [-0.15, -0.1) is 10.2 Å². The minimum absolute atomic E-state index is 0.193. The average Bonchev–Trinajstić information content (AvgIpc) is 3.65. The number of imidazole rings is 1. The molecular formula is C26H25N7O2. The first-order valence-corrected chi connectivity index (χ1v) is 11.5. The quantitative estimate of drug-likeness (QED) is 0.327. The summed E-state index contributed by atoms with van der Waals surface area (Å²) in [7, 11) is 0. The van der Waals surface area contributed by atoms with Crippen LogP contribution in [0.1, 0.15) is 41.6 Å². The highest BCUT2D eigenvalue weighted by Crippen LogP contribution is 2.30. The molecule has 0 aliphatic heterocycles. The fraction of sp³-hybridized carbons (Fsp3) is 0.192. The van der Waals surface area contributed by atoms with Gasteiger partial charge in [0.15, 0.2) is 11.5 Å². The van der Waals surface area contributed by atoms with Gasteiger partial charge >= 0.3 is 5.97 Å². The third-order valence-electron chi connectivity index (χ3n) is 5.95. The standard InChI is InChI=1S/C26H25N7O2/c1-2-3-10-22-27-25(32-15-6-7-16-32)23(26(34)35)33(22)17-18-11-13-19(14-12-18)20-8-4-5-9-21(20)24-28-30-31-29-24/h4-9,11-16H,2-3,10,17H2,1H3,(H,34,35)(H,28,29,30,31). The van der Waals surface area contributed by atoms with Crippen molar-refractivity contribution in [3.05, 3.63) is 90.1 Å². The zero-order chi connectivity index (χ0) is 24.2. The van der Waals surface area contributed by atoms with Crippen molar-refractivity contribution >= 4 is 5.97 Å². The van der Waals surface area contributed by atoms with Gasteiger partial charge in [-0.3, -0.25) is 0 Å². The van der Waals surface area contributed by atoms with E-state index in [1.807, 2.05) is 77.6 Å². The molecule has 0 aliphatic rings. The van der Waals surface area contributed by atoms with Crippen molar-refractivity contribution in [3.63, 3.8) is 0 Å². The molecule has 0 aliphatic carbocycles. The first-order chi connectivity index (χ1) is 17.2. The molecule has 0 fully saturated rings. The molecule has 3 heterocycles. The number of aromatic carboxylic acids is 1. The van der Waals surface area contributed by atoms with E-state index in [4.69, 9.17) is 4.98 Å². The minimum Gasteiger partial charge on any atom is -0.476 e. The van der Waals surface area contributed by atoms with E-state index in [0.717, 1.165) is 40.9 Å². The number of rotatable bonds is 9. The summed E-state index contributed by atoms with van der Waals surface area (Å²) in [5, 5.41) is 24.5. The molecular weight excluding hydrogens is 442 g/mol. The number of carboxylic acids is 1. The predicted molar refractivity (Wildman–Crippen MR) is 131 cm³/mol. The molecule has 9 nitrogen and oxygen atoms in total. The maximum atomic E-state index is 12.3. The molecule has 0 bridgehead atoms. The normalized spacial score (nSPS) is 11.1. The lowest BCUT2D eigenvalue weighted by Crippen LogP contribution is -2.14. The molecule has 5 aromatic rings. The van der Waals surface area contributed by atoms with Crippen LogP contribution in [-0.4, -0.2) is 45.8 Å². The number of nitrogens with one attached hydrogen (secondary N) is 1. The summed E-state index contributed by atoms with van der Waals surface area (Å²) in [6.45, 7) is 2.53. The molecule has 5 rings (SSSR count). The molecule has 3 aromatic heterocycles. The lowest BCUT2D eigenvalue weighted by molar-refractivity contribution is 0.0685. The monoisotopic (exact) mass is 467 g/mol. The van der Waals surface area contributed by atoms with Crippen LogP contribution >= 0.6 is 0 Å². The van der Waals surface area contributed by atoms with Crippen molar-refractivity contribution in [2.45, 2.75) is 32.7 Å². The number of carbonyl (C=O) groups is 1. The molecule has 176 valence electrons. The summed E-state index contributed by atoms with van der Waals surface area (Å²) in [6.07, 6.45) is 6.29. The van der Waals surface area contributed by atoms with Gasteiger partial charge in [0.25, 0.3) is 0 Å². The maximum Gasteiger partial charge on any atom is 0.356 e. The smallest absolute Gasteiger partial charge is 0.356 e. The first kappa shape index (κ1) is 22.3. The highest BCUT2D eigenvalue weighted by atomic mass is 16.4. The van der Waals surface area contributed by atoms with Crippen LogP contribution in [0.2, 0.25) is 0 Å². The van der Waals surface area contributed by atoms with Crippen LogP contribution in [0.15, 0.2) is 73.1 Å². The van der Waals surface area contributed by atoms with Crippen molar-refractivity contribution in [3.8, 4) is 28.3 Å². The van der Waals surface area contributed by atoms with Crippen molar-refractivity contribution in [1.82, 2.24) is 34.7 Å². The van der Waals surface area contributed by atoms with Gasteiger partial charge < -0.3 is 14.2 Å². The number of aromatic amines is 1. The van der Waals surface area contributed by atoms with E-state index in [1.165, 1.54) is 0 Å². The molecule has 0 spiro atoms. The van der Waals surface area contributed by atoms with Gasteiger partial charge in [0, 0.05) is 30.9 Å².